The van der Waals surface area contributed by atoms with Crippen LogP contribution in [0.1, 0.15) is 104 Å². The largest absolute Gasteiger partial charge is 0.416 e. The zero-order valence-electron chi connectivity index (χ0n) is 26.2. The molecule has 4 N–H and O–H groups in total. The third-order valence-electron chi connectivity index (χ3n) is 10.8. The molecule has 1 heterocycles. The molecule has 1 saturated carbocycles. The van der Waals surface area contributed by atoms with Crippen molar-refractivity contribution in [3.05, 3.63) is 81.9 Å². The summed E-state index contributed by atoms with van der Waals surface area (Å²) in [6, 6.07) is 10.1. The number of piperidine rings is 1. The lowest BCUT2D eigenvalue weighted by atomic mass is 9.64. The van der Waals surface area contributed by atoms with Crippen LogP contribution in [0.3, 0.4) is 0 Å². The molecule has 4 atom stereocenters. The minimum atomic E-state index is -4.59. The van der Waals surface area contributed by atoms with E-state index < -0.39 is 34.6 Å². The Labute approximate surface area is 263 Å². The minimum absolute atomic E-state index is 0.0456. The van der Waals surface area contributed by atoms with E-state index in [1.54, 1.807) is 6.07 Å². The number of allylic oxidation sites excluding steroid dienone is 2. The van der Waals surface area contributed by atoms with E-state index in [-0.39, 0.29) is 23.3 Å². The summed E-state index contributed by atoms with van der Waals surface area (Å²) >= 11 is 0. The Morgan fingerprint density at radius 2 is 1.78 bits per heavy atom. The second-order valence-electron chi connectivity index (χ2n) is 13.8. The molecule has 0 unspecified atom stereocenters. The van der Waals surface area contributed by atoms with Gasteiger partial charge in [0.1, 0.15) is 0 Å². The van der Waals surface area contributed by atoms with E-state index in [2.05, 4.69) is 24.8 Å². The third kappa shape index (κ3) is 7.05. The van der Waals surface area contributed by atoms with Crippen molar-refractivity contribution in [3.63, 3.8) is 0 Å². The molecule has 4 aliphatic rings. The number of rotatable bonds is 5. The molecule has 6 nitrogen and oxygen atoms in total. The predicted octanol–water partition coefficient (Wildman–Crippen LogP) is 6.17. The number of fused-ring (bicyclic) bond motifs is 8. The second kappa shape index (κ2) is 13.0. The molecular formula is C36H45F3N2O4. The first-order valence-corrected chi connectivity index (χ1v) is 16.1. The van der Waals surface area contributed by atoms with Crippen molar-refractivity contribution >= 4 is 11.7 Å². The Kier molecular flexibility index (Phi) is 9.64. The molecule has 0 aromatic heterocycles. The summed E-state index contributed by atoms with van der Waals surface area (Å²) in [6.07, 6.45) is 2.31. The molecule has 0 spiro atoms. The SMILES string of the molecule is CC1=CCC[C@@]2(C)[C@@H](CC[C@@]2(O)CN2CCC(C(N)=O)CC2)c2ccc(cc2C(=O)c2cccc(C(F)(F)F)c2)C[C@@H](O)CC1. The fourth-order valence-electron chi connectivity index (χ4n) is 7.93. The summed E-state index contributed by atoms with van der Waals surface area (Å²) in [5.41, 5.74) is 5.84. The van der Waals surface area contributed by atoms with Crippen LogP contribution in [0.5, 0.6) is 0 Å². The van der Waals surface area contributed by atoms with Gasteiger partial charge in [0.05, 0.1) is 17.3 Å². The number of β-amino-alcohol motifs (C(OH)–C–C–N with tert-alkyl or cyclic N) is 1. The highest BCUT2D eigenvalue weighted by atomic mass is 19.4. The maximum atomic E-state index is 14.1. The van der Waals surface area contributed by atoms with Gasteiger partial charge in [-0.2, -0.15) is 13.2 Å². The van der Waals surface area contributed by atoms with Crippen molar-refractivity contribution in [2.75, 3.05) is 19.6 Å². The minimum Gasteiger partial charge on any atom is -0.393 e. The molecular weight excluding hydrogens is 581 g/mol. The number of nitrogens with zero attached hydrogens (tertiary/aromatic N) is 1. The second-order valence-corrected chi connectivity index (χ2v) is 13.8. The first-order chi connectivity index (χ1) is 21.2. The van der Waals surface area contributed by atoms with Crippen molar-refractivity contribution < 1.29 is 33.0 Å². The summed E-state index contributed by atoms with van der Waals surface area (Å²) in [6.45, 7) is 5.89. The topological polar surface area (TPSA) is 104 Å². The number of ketones is 1. The lowest BCUT2D eigenvalue weighted by molar-refractivity contribution is -0.137. The summed E-state index contributed by atoms with van der Waals surface area (Å²) < 4.78 is 40.8. The normalized spacial score (nSPS) is 28.7. The van der Waals surface area contributed by atoms with Gasteiger partial charge in [-0.1, -0.05) is 42.8 Å². The molecule has 1 saturated heterocycles. The number of carbonyl (C=O) groups excluding carboxylic acids is 2. The van der Waals surface area contributed by atoms with Crippen LogP contribution in [0.15, 0.2) is 54.1 Å². The number of hydrogen-bond acceptors (Lipinski definition) is 5. The van der Waals surface area contributed by atoms with Crippen LogP contribution in [0.2, 0.25) is 0 Å². The van der Waals surface area contributed by atoms with Crippen LogP contribution in [-0.2, 0) is 17.4 Å². The number of aliphatic hydroxyl groups excluding tert-OH is 1. The van der Waals surface area contributed by atoms with Gasteiger partial charge in [0, 0.05) is 29.0 Å². The summed E-state index contributed by atoms with van der Waals surface area (Å²) in [5, 5.41) is 23.3. The molecule has 1 aliphatic heterocycles. The monoisotopic (exact) mass is 626 g/mol. The molecule has 6 rings (SSSR count). The number of hydrogen-bond donors (Lipinski definition) is 3. The van der Waals surface area contributed by atoms with E-state index in [4.69, 9.17) is 5.73 Å². The molecule has 244 valence electrons. The van der Waals surface area contributed by atoms with Crippen molar-refractivity contribution in [2.45, 2.75) is 95.4 Å². The molecule has 2 aromatic carbocycles. The highest BCUT2D eigenvalue weighted by molar-refractivity contribution is 6.10. The van der Waals surface area contributed by atoms with Crippen molar-refractivity contribution in [3.8, 4) is 0 Å². The average molecular weight is 627 g/mol. The van der Waals surface area contributed by atoms with Gasteiger partial charge in [0.2, 0.25) is 5.91 Å². The van der Waals surface area contributed by atoms with Crippen LogP contribution in [-0.4, -0.2) is 58.1 Å². The average Bonchev–Trinajstić information content (AvgIpc) is 3.24. The van der Waals surface area contributed by atoms with Gasteiger partial charge in [0.25, 0.3) is 0 Å². The van der Waals surface area contributed by atoms with E-state index in [1.807, 2.05) is 12.1 Å². The van der Waals surface area contributed by atoms with Crippen molar-refractivity contribution in [2.24, 2.45) is 17.1 Å². The molecule has 9 heteroatoms. The Hall–Kier alpha value is -3.01. The summed E-state index contributed by atoms with van der Waals surface area (Å²) in [7, 11) is 0. The lowest BCUT2D eigenvalue weighted by Gasteiger charge is -2.47. The van der Waals surface area contributed by atoms with Crippen LogP contribution >= 0.6 is 0 Å². The number of benzene rings is 2. The number of carbonyl (C=O) groups is 2. The highest BCUT2D eigenvalue weighted by Gasteiger charge is 2.57. The van der Waals surface area contributed by atoms with E-state index in [9.17, 15) is 33.0 Å². The standard InChI is InChI=1S/C36H45F3N2O4/c1-23-5-4-15-34(2)31(12-16-35(34,45)22-41-17-13-25(14-18-41)33(40)44)29-11-9-24(19-28(42)10-8-23)20-30(29)32(43)26-6-3-7-27(21-26)36(37,38)39/h3,5-7,9,11,20-21,25,28,31,42,45H,4,8,10,12-19,22H2,1-2H3,(H2,40,44)/t28-,31-,34-,35+/m0/s1. The Balaban J connectivity index is 1.56. The van der Waals surface area contributed by atoms with Gasteiger partial charge >= 0.3 is 6.18 Å². The number of amides is 1. The van der Waals surface area contributed by atoms with Crippen LogP contribution in [0, 0.1) is 11.3 Å². The zero-order chi connectivity index (χ0) is 32.6. The van der Waals surface area contributed by atoms with Gasteiger partial charge in [-0.25, -0.2) is 0 Å². The predicted molar refractivity (Wildman–Crippen MR) is 167 cm³/mol. The number of alkyl halides is 3. The Morgan fingerprint density at radius 3 is 2.47 bits per heavy atom. The maximum Gasteiger partial charge on any atom is 0.416 e. The van der Waals surface area contributed by atoms with E-state index >= 15 is 0 Å². The molecule has 2 bridgehead atoms. The highest BCUT2D eigenvalue weighted by Crippen LogP contribution is 2.59. The fraction of sp³-hybridized carbons (Fsp3) is 0.556. The number of nitrogens with two attached hydrogens (primary N) is 1. The van der Waals surface area contributed by atoms with Gasteiger partial charge < -0.3 is 20.8 Å². The van der Waals surface area contributed by atoms with E-state index in [1.165, 1.54) is 17.7 Å². The fourth-order valence-corrected chi connectivity index (χ4v) is 7.93. The third-order valence-corrected chi connectivity index (χ3v) is 10.8. The summed E-state index contributed by atoms with van der Waals surface area (Å²) in [4.78, 5) is 28.1. The molecule has 2 aromatic rings. The number of halogens is 3. The Morgan fingerprint density at radius 1 is 1.04 bits per heavy atom. The molecule has 0 radical (unpaired) electrons. The van der Waals surface area contributed by atoms with Gasteiger partial charge in [-0.15, -0.1) is 0 Å². The molecule has 45 heavy (non-hydrogen) atoms. The summed E-state index contributed by atoms with van der Waals surface area (Å²) in [5.74, 6) is -1.18. The maximum absolute atomic E-state index is 14.1. The lowest BCUT2D eigenvalue weighted by Crippen LogP contribution is -2.54. The van der Waals surface area contributed by atoms with Crippen LogP contribution in [0.4, 0.5) is 13.2 Å². The van der Waals surface area contributed by atoms with Gasteiger partial charge in [0.15, 0.2) is 5.78 Å². The molecule has 2 fully saturated rings. The molecule has 3 aliphatic carbocycles. The van der Waals surface area contributed by atoms with E-state index in [0.717, 1.165) is 23.3 Å². The Bertz CT molecular complexity index is 1450. The van der Waals surface area contributed by atoms with Gasteiger partial charge in [-0.3, -0.25) is 9.59 Å². The van der Waals surface area contributed by atoms with Crippen LogP contribution < -0.4 is 5.73 Å². The van der Waals surface area contributed by atoms with Crippen molar-refractivity contribution in [1.82, 2.24) is 4.90 Å². The first kappa shape index (κ1) is 33.4. The first-order valence-electron chi connectivity index (χ1n) is 16.1. The van der Waals surface area contributed by atoms with Crippen molar-refractivity contribution in [1.29, 1.82) is 0 Å². The number of aliphatic hydroxyl groups is 2. The zero-order valence-corrected chi connectivity index (χ0v) is 26.2. The molecule has 1 amide bonds. The van der Waals surface area contributed by atoms with Gasteiger partial charge in [-0.05, 0) is 113 Å². The van der Waals surface area contributed by atoms with E-state index in [0.29, 0.717) is 83.0 Å². The number of likely N-dealkylation sites (tertiary alicyclic amines) is 1. The quantitative estimate of drug-likeness (QED) is 0.272. The van der Waals surface area contributed by atoms with Crippen LogP contribution in [0.25, 0.3) is 0 Å². The number of primary amides is 1. The smallest absolute Gasteiger partial charge is 0.393 e.